The Morgan fingerprint density at radius 2 is 2.08 bits per heavy atom. The van der Waals surface area contributed by atoms with Gasteiger partial charge in [0.25, 0.3) is 0 Å². The van der Waals surface area contributed by atoms with Crippen molar-refractivity contribution in [2.45, 2.75) is 58.1 Å². The Kier molecular flexibility index (Phi) is 4.74. The highest BCUT2D eigenvalue weighted by Gasteiger charge is 2.29. The zero-order valence-corrected chi connectivity index (χ0v) is 9.00. The third kappa shape index (κ3) is 3.28. The number of hydrogen-bond donors (Lipinski definition) is 1. The fraction of sp³-hybridized carbons (Fsp3) is 1.00. The lowest BCUT2D eigenvalue weighted by Crippen LogP contribution is -2.30. The molecular formula is C11H23NO. The Bertz CT molecular complexity index is 138. The lowest BCUT2D eigenvalue weighted by molar-refractivity contribution is 0.174. The van der Waals surface area contributed by atoms with Gasteiger partial charge in [-0.25, -0.2) is 0 Å². The quantitative estimate of drug-likeness (QED) is 0.708. The van der Waals surface area contributed by atoms with E-state index in [1.165, 1.54) is 32.2 Å². The molecule has 1 aliphatic rings. The van der Waals surface area contributed by atoms with Crippen molar-refractivity contribution in [2.75, 3.05) is 13.1 Å². The highest BCUT2D eigenvalue weighted by atomic mass is 16.3. The van der Waals surface area contributed by atoms with Crippen molar-refractivity contribution < 1.29 is 5.11 Å². The van der Waals surface area contributed by atoms with Crippen LogP contribution in [0, 0.1) is 0 Å². The van der Waals surface area contributed by atoms with Crippen molar-refractivity contribution in [1.82, 2.24) is 4.90 Å². The van der Waals surface area contributed by atoms with E-state index in [0.29, 0.717) is 6.04 Å². The minimum Gasteiger partial charge on any atom is -0.392 e. The summed E-state index contributed by atoms with van der Waals surface area (Å²) in [7, 11) is 0. The smallest absolute Gasteiger partial charge is 0.0682 e. The number of aliphatic hydroxyl groups excluding tert-OH is 1. The van der Waals surface area contributed by atoms with Crippen LogP contribution in [0.2, 0.25) is 0 Å². The Balaban J connectivity index is 2.31. The molecule has 0 saturated carbocycles. The van der Waals surface area contributed by atoms with Gasteiger partial charge in [-0.05, 0) is 25.8 Å². The number of rotatable bonds is 5. The number of likely N-dealkylation sites (tertiary alicyclic amines) is 1. The van der Waals surface area contributed by atoms with E-state index in [0.717, 1.165) is 13.0 Å². The van der Waals surface area contributed by atoms with Crippen LogP contribution in [0.1, 0.15) is 46.0 Å². The van der Waals surface area contributed by atoms with E-state index < -0.39 is 0 Å². The van der Waals surface area contributed by atoms with Crippen molar-refractivity contribution in [3.63, 3.8) is 0 Å². The molecule has 1 rings (SSSR count). The highest BCUT2D eigenvalue weighted by Crippen LogP contribution is 2.21. The normalized spacial score (nSPS) is 29.8. The monoisotopic (exact) mass is 185 g/mol. The predicted molar refractivity (Wildman–Crippen MR) is 55.8 cm³/mol. The largest absolute Gasteiger partial charge is 0.392 e. The number of β-amino-alcohol motifs (C(OH)–C–C–N with tert-alkyl or cyclic N) is 1. The molecule has 1 fully saturated rings. The summed E-state index contributed by atoms with van der Waals surface area (Å²) in [5.74, 6) is 0. The van der Waals surface area contributed by atoms with Crippen LogP contribution in [0.3, 0.4) is 0 Å². The minimum absolute atomic E-state index is 0.0617. The SMILES string of the molecule is CCCCN1C[C@H](O)C[C@@H]1CCC. The van der Waals surface area contributed by atoms with Crippen molar-refractivity contribution in [3.8, 4) is 0 Å². The minimum atomic E-state index is -0.0617. The van der Waals surface area contributed by atoms with E-state index in [9.17, 15) is 5.11 Å². The fourth-order valence-corrected chi connectivity index (χ4v) is 2.23. The first-order valence-corrected chi connectivity index (χ1v) is 5.70. The van der Waals surface area contributed by atoms with Gasteiger partial charge >= 0.3 is 0 Å². The molecule has 13 heavy (non-hydrogen) atoms. The molecule has 0 unspecified atom stereocenters. The zero-order chi connectivity index (χ0) is 9.68. The lowest BCUT2D eigenvalue weighted by Gasteiger charge is -2.23. The summed E-state index contributed by atoms with van der Waals surface area (Å²) in [6, 6.07) is 0.659. The van der Waals surface area contributed by atoms with E-state index in [4.69, 9.17) is 0 Å². The third-order valence-corrected chi connectivity index (χ3v) is 2.93. The average molecular weight is 185 g/mol. The molecule has 0 amide bonds. The fourth-order valence-electron chi connectivity index (χ4n) is 2.23. The standard InChI is InChI=1S/C11H23NO/c1-3-5-7-12-9-11(13)8-10(12)6-4-2/h10-11,13H,3-9H2,1-2H3/t10-,11+/m0/s1. The molecule has 1 saturated heterocycles. The Morgan fingerprint density at radius 3 is 2.69 bits per heavy atom. The maximum Gasteiger partial charge on any atom is 0.0682 e. The summed E-state index contributed by atoms with van der Waals surface area (Å²) in [5, 5.41) is 9.55. The molecule has 1 N–H and O–H groups in total. The molecule has 2 atom stereocenters. The van der Waals surface area contributed by atoms with Crippen molar-refractivity contribution >= 4 is 0 Å². The van der Waals surface area contributed by atoms with Crippen LogP contribution >= 0.6 is 0 Å². The average Bonchev–Trinajstić information content (AvgIpc) is 2.44. The van der Waals surface area contributed by atoms with Gasteiger partial charge in [0.05, 0.1) is 6.10 Å². The van der Waals surface area contributed by atoms with E-state index in [1.54, 1.807) is 0 Å². The topological polar surface area (TPSA) is 23.5 Å². The highest BCUT2D eigenvalue weighted by molar-refractivity contribution is 4.84. The van der Waals surface area contributed by atoms with Gasteiger partial charge in [-0.1, -0.05) is 26.7 Å². The molecule has 1 heterocycles. The molecule has 1 aliphatic heterocycles. The van der Waals surface area contributed by atoms with Crippen LogP contribution in [0.15, 0.2) is 0 Å². The zero-order valence-electron chi connectivity index (χ0n) is 9.00. The van der Waals surface area contributed by atoms with Crippen molar-refractivity contribution in [3.05, 3.63) is 0 Å². The van der Waals surface area contributed by atoms with E-state index in [2.05, 4.69) is 18.7 Å². The number of hydrogen-bond acceptors (Lipinski definition) is 2. The molecule has 0 aliphatic carbocycles. The summed E-state index contributed by atoms with van der Waals surface area (Å²) in [6.45, 7) is 6.53. The van der Waals surface area contributed by atoms with Gasteiger partial charge in [0, 0.05) is 12.6 Å². The van der Waals surface area contributed by atoms with Gasteiger partial charge < -0.3 is 5.11 Å². The third-order valence-electron chi connectivity index (χ3n) is 2.93. The van der Waals surface area contributed by atoms with Gasteiger partial charge in [-0.15, -0.1) is 0 Å². The Morgan fingerprint density at radius 1 is 1.31 bits per heavy atom. The van der Waals surface area contributed by atoms with Crippen molar-refractivity contribution in [2.24, 2.45) is 0 Å². The molecule has 0 aromatic carbocycles. The molecule has 0 aromatic rings. The van der Waals surface area contributed by atoms with Gasteiger partial charge in [0.15, 0.2) is 0 Å². The summed E-state index contributed by atoms with van der Waals surface area (Å²) in [4.78, 5) is 2.47. The van der Waals surface area contributed by atoms with Crippen molar-refractivity contribution in [1.29, 1.82) is 0 Å². The summed E-state index contributed by atoms with van der Waals surface area (Å²) < 4.78 is 0. The first kappa shape index (κ1) is 11.0. The van der Waals surface area contributed by atoms with Crippen LogP contribution in [-0.4, -0.2) is 35.2 Å². The van der Waals surface area contributed by atoms with Crippen LogP contribution in [0.4, 0.5) is 0 Å². The molecular weight excluding hydrogens is 162 g/mol. The first-order chi connectivity index (χ1) is 6.27. The molecule has 0 radical (unpaired) electrons. The summed E-state index contributed by atoms with van der Waals surface area (Å²) in [6.07, 6.45) is 5.95. The predicted octanol–water partition coefficient (Wildman–Crippen LogP) is 2.02. The number of aliphatic hydroxyl groups is 1. The van der Waals surface area contributed by atoms with Crippen LogP contribution < -0.4 is 0 Å². The maximum atomic E-state index is 9.55. The van der Waals surface area contributed by atoms with E-state index >= 15 is 0 Å². The Labute approximate surface area is 81.9 Å². The second kappa shape index (κ2) is 5.61. The molecule has 2 nitrogen and oxygen atoms in total. The van der Waals surface area contributed by atoms with Gasteiger partial charge in [-0.3, -0.25) is 4.90 Å². The first-order valence-electron chi connectivity index (χ1n) is 5.70. The van der Waals surface area contributed by atoms with Crippen LogP contribution in [-0.2, 0) is 0 Å². The maximum absolute atomic E-state index is 9.55. The number of nitrogens with zero attached hydrogens (tertiary/aromatic N) is 1. The molecule has 0 spiro atoms. The second-order valence-electron chi connectivity index (χ2n) is 4.18. The molecule has 2 heteroatoms. The van der Waals surface area contributed by atoms with Gasteiger partial charge in [-0.2, -0.15) is 0 Å². The van der Waals surface area contributed by atoms with E-state index in [-0.39, 0.29) is 6.10 Å². The molecule has 78 valence electrons. The van der Waals surface area contributed by atoms with Crippen LogP contribution in [0.25, 0.3) is 0 Å². The molecule has 0 bridgehead atoms. The Hall–Kier alpha value is -0.0800. The second-order valence-corrected chi connectivity index (χ2v) is 4.18. The lowest BCUT2D eigenvalue weighted by atomic mass is 10.1. The molecule has 0 aromatic heterocycles. The van der Waals surface area contributed by atoms with Gasteiger partial charge in [0.2, 0.25) is 0 Å². The van der Waals surface area contributed by atoms with E-state index in [1.807, 2.05) is 0 Å². The van der Waals surface area contributed by atoms with Crippen LogP contribution in [0.5, 0.6) is 0 Å². The summed E-state index contributed by atoms with van der Waals surface area (Å²) in [5.41, 5.74) is 0. The summed E-state index contributed by atoms with van der Waals surface area (Å²) >= 11 is 0. The van der Waals surface area contributed by atoms with Gasteiger partial charge in [0.1, 0.15) is 0 Å². The number of unbranched alkanes of at least 4 members (excludes halogenated alkanes) is 1.